The zero-order valence-corrected chi connectivity index (χ0v) is 18.7. The van der Waals surface area contributed by atoms with Crippen molar-refractivity contribution in [1.29, 1.82) is 0 Å². The molecule has 0 aromatic heterocycles. The van der Waals surface area contributed by atoms with E-state index in [-0.39, 0.29) is 25.2 Å². The molecule has 0 aliphatic carbocycles. The number of aryl methyl sites for hydroxylation is 1. The van der Waals surface area contributed by atoms with Crippen molar-refractivity contribution in [3.63, 3.8) is 0 Å². The van der Waals surface area contributed by atoms with Gasteiger partial charge in [0, 0.05) is 24.4 Å². The van der Waals surface area contributed by atoms with E-state index < -0.39 is 11.8 Å². The van der Waals surface area contributed by atoms with Crippen LogP contribution in [-0.2, 0) is 19.1 Å². The van der Waals surface area contributed by atoms with Gasteiger partial charge in [0.05, 0.1) is 12.3 Å². The zero-order valence-electron chi connectivity index (χ0n) is 18.7. The highest BCUT2D eigenvalue weighted by molar-refractivity contribution is 6.35. The lowest BCUT2D eigenvalue weighted by Crippen LogP contribution is -2.41. The van der Waals surface area contributed by atoms with E-state index in [9.17, 15) is 14.4 Å². The molecular weight excluding hydrogens is 424 g/mol. The Morgan fingerprint density at radius 2 is 1.94 bits per heavy atom. The van der Waals surface area contributed by atoms with Gasteiger partial charge < -0.3 is 20.1 Å². The van der Waals surface area contributed by atoms with Gasteiger partial charge in [0.2, 0.25) is 0 Å². The monoisotopic (exact) mass is 452 g/mol. The number of ether oxygens (including phenoxy) is 2. The van der Waals surface area contributed by atoms with Gasteiger partial charge in [-0.2, -0.15) is 5.10 Å². The first-order valence-corrected chi connectivity index (χ1v) is 10.7. The predicted molar refractivity (Wildman–Crippen MR) is 124 cm³/mol. The standard InChI is InChI=1S/C24H28N4O5/c1-16-7-5-10-20(17(16)2)27-22(29)15-33-21-11-4-3-8-18(21)13-26-28-24(31)23(30)25-14-19-9-6-12-32-19/h3-5,7-8,10-11,13,19H,6,9,12,14-15H2,1-2H3,(H,25,30)(H,27,29)(H,28,31)/b26-13-/t19-/m0/s1. The van der Waals surface area contributed by atoms with Crippen LogP contribution in [-0.4, -0.2) is 49.8 Å². The molecule has 3 rings (SSSR count). The topological polar surface area (TPSA) is 118 Å². The Balaban J connectivity index is 1.49. The molecule has 0 unspecified atom stereocenters. The van der Waals surface area contributed by atoms with Crippen LogP contribution in [0.1, 0.15) is 29.5 Å². The summed E-state index contributed by atoms with van der Waals surface area (Å²) in [6, 6.07) is 12.6. The van der Waals surface area contributed by atoms with Crippen LogP contribution in [0.25, 0.3) is 0 Å². The fourth-order valence-corrected chi connectivity index (χ4v) is 3.24. The Hall–Kier alpha value is -3.72. The summed E-state index contributed by atoms with van der Waals surface area (Å²) in [5.74, 6) is -1.55. The smallest absolute Gasteiger partial charge is 0.329 e. The highest BCUT2D eigenvalue weighted by Crippen LogP contribution is 2.19. The van der Waals surface area contributed by atoms with Crippen molar-refractivity contribution in [3.05, 3.63) is 59.2 Å². The average molecular weight is 453 g/mol. The van der Waals surface area contributed by atoms with Gasteiger partial charge in [-0.3, -0.25) is 14.4 Å². The van der Waals surface area contributed by atoms with Crippen molar-refractivity contribution < 1.29 is 23.9 Å². The lowest BCUT2D eigenvalue weighted by molar-refractivity contribution is -0.139. The van der Waals surface area contributed by atoms with Gasteiger partial charge in [0.1, 0.15) is 5.75 Å². The molecule has 174 valence electrons. The maximum atomic E-state index is 12.3. The molecule has 1 atom stereocenters. The number of benzene rings is 2. The van der Waals surface area contributed by atoms with E-state index in [2.05, 4.69) is 21.2 Å². The summed E-state index contributed by atoms with van der Waals surface area (Å²) in [5, 5.41) is 9.18. The summed E-state index contributed by atoms with van der Waals surface area (Å²) in [6.07, 6.45) is 3.11. The van der Waals surface area contributed by atoms with Crippen LogP contribution in [0.4, 0.5) is 5.69 Å². The minimum absolute atomic E-state index is 0.0543. The molecule has 2 aromatic rings. The molecule has 1 aliphatic heterocycles. The van der Waals surface area contributed by atoms with E-state index in [1.165, 1.54) is 6.21 Å². The van der Waals surface area contributed by atoms with Gasteiger partial charge in [-0.05, 0) is 56.0 Å². The van der Waals surface area contributed by atoms with Crippen LogP contribution in [0, 0.1) is 13.8 Å². The molecule has 0 spiro atoms. The molecular formula is C24H28N4O5. The minimum Gasteiger partial charge on any atom is -0.483 e. The Bertz CT molecular complexity index is 1030. The van der Waals surface area contributed by atoms with Gasteiger partial charge >= 0.3 is 11.8 Å². The highest BCUT2D eigenvalue weighted by atomic mass is 16.5. The first-order chi connectivity index (χ1) is 15.9. The van der Waals surface area contributed by atoms with E-state index in [1.54, 1.807) is 24.3 Å². The summed E-state index contributed by atoms with van der Waals surface area (Å²) in [4.78, 5) is 36.1. The Labute approximate surface area is 192 Å². The number of rotatable bonds is 8. The second kappa shape index (κ2) is 11.8. The summed E-state index contributed by atoms with van der Waals surface area (Å²) in [5.41, 5.74) is 5.54. The van der Waals surface area contributed by atoms with Gasteiger partial charge in [-0.25, -0.2) is 5.43 Å². The SMILES string of the molecule is Cc1cccc(NC(=O)COc2ccccc2/C=N\NC(=O)C(=O)NC[C@@H]2CCCO2)c1C. The lowest BCUT2D eigenvalue weighted by Gasteiger charge is -2.12. The molecule has 9 heteroatoms. The molecule has 33 heavy (non-hydrogen) atoms. The summed E-state index contributed by atoms with van der Waals surface area (Å²) in [7, 11) is 0. The number of carbonyl (C=O) groups excluding carboxylic acids is 3. The van der Waals surface area contributed by atoms with E-state index in [0.29, 0.717) is 17.9 Å². The van der Waals surface area contributed by atoms with E-state index in [1.807, 2.05) is 32.0 Å². The normalized spacial score (nSPS) is 15.3. The Morgan fingerprint density at radius 3 is 2.73 bits per heavy atom. The highest BCUT2D eigenvalue weighted by Gasteiger charge is 2.19. The van der Waals surface area contributed by atoms with Crippen LogP contribution < -0.4 is 20.8 Å². The number of anilines is 1. The first-order valence-electron chi connectivity index (χ1n) is 10.7. The second-order valence-electron chi connectivity index (χ2n) is 7.67. The lowest BCUT2D eigenvalue weighted by atomic mass is 10.1. The largest absolute Gasteiger partial charge is 0.483 e. The molecule has 1 aliphatic rings. The molecule has 0 saturated carbocycles. The minimum atomic E-state index is -0.879. The number of nitrogens with zero attached hydrogens (tertiary/aromatic N) is 1. The summed E-state index contributed by atoms with van der Waals surface area (Å²) >= 11 is 0. The third kappa shape index (κ3) is 7.15. The van der Waals surface area contributed by atoms with Gasteiger partial charge in [0.15, 0.2) is 6.61 Å². The van der Waals surface area contributed by atoms with Crippen molar-refractivity contribution in [2.24, 2.45) is 5.10 Å². The number of amides is 3. The molecule has 1 fully saturated rings. The molecule has 3 amide bonds. The number of carbonyl (C=O) groups is 3. The Kier molecular flexibility index (Phi) is 8.54. The van der Waals surface area contributed by atoms with Crippen LogP contribution in [0.15, 0.2) is 47.6 Å². The maximum Gasteiger partial charge on any atom is 0.329 e. The van der Waals surface area contributed by atoms with Gasteiger partial charge in [-0.1, -0.05) is 24.3 Å². The third-order valence-electron chi connectivity index (χ3n) is 5.25. The molecule has 0 radical (unpaired) electrons. The molecule has 1 heterocycles. The number of hydrazone groups is 1. The van der Waals surface area contributed by atoms with Crippen molar-refractivity contribution in [2.45, 2.75) is 32.8 Å². The number of hydrogen-bond donors (Lipinski definition) is 3. The third-order valence-corrected chi connectivity index (χ3v) is 5.25. The second-order valence-corrected chi connectivity index (χ2v) is 7.67. The number of hydrogen-bond acceptors (Lipinski definition) is 6. The van der Waals surface area contributed by atoms with Crippen LogP contribution in [0.2, 0.25) is 0 Å². The van der Waals surface area contributed by atoms with Crippen molar-refractivity contribution in [2.75, 3.05) is 25.1 Å². The zero-order chi connectivity index (χ0) is 23.6. The average Bonchev–Trinajstić information content (AvgIpc) is 3.33. The van der Waals surface area contributed by atoms with Crippen LogP contribution >= 0.6 is 0 Å². The van der Waals surface area contributed by atoms with Gasteiger partial charge in [-0.15, -0.1) is 0 Å². The molecule has 2 aromatic carbocycles. The molecule has 1 saturated heterocycles. The van der Waals surface area contributed by atoms with Crippen LogP contribution in [0.5, 0.6) is 5.75 Å². The first kappa shape index (κ1) is 23.9. The van der Waals surface area contributed by atoms with Crippen molar-refractivity contribution in [1.82, 2.24) is 10.7 Å². The van der Waals surface area contributed by atoms with Gasteiger partial charge in [0.25, 0.3) is 5.91 Å². The predicted octanol–water partition coefficient (Wildman–Crippen LogP) is 2.07. The summed E-state index contributed by atoms with van der Waals surface area (Å²) < 4.78 is 11.0. The quantitative estimate of drug-likeness (QED) is 0.322. The fraction of sp³-hybridized carbons (Fsp3) is 0.333. The molecule has 3 N–H and O–H groups in total. The van der Waals surface area contributed by atoms with Crippen LogP contribution in [0.3, 0.4) is 0 Å². The fourth-order valence-electron chi connectivity index (χ4n) is 3.24. The molecule has 9 nitrogen and oxygen atoms in total. The number of para-hydroxylation sites is 1. The molecule has 0 bridgehead atoms. The van der Waals surface area contributed by atoms with E-state index in [0.717, 1.165) is 29.7 Å². The van der Waals surface area contributed by atoms with E-state index >= 15 is 0 Å². The van der Waals surface area contributed by atoms with E-state index in [4.69, 9.17) is 9.47 Å². The van der Waals surface area contributed by atoms with Crippen molar-refractivity contribution >= 4 is 29.6 Å². The Morgan fingerprint density at radius 1 is 1.12 bits per heavy atom. The summed E-state index contributed by atoms with van der Waals surface area (Å²) in [6.45, 7) is 4.68. The number of nitrogens with one attached hydrogen (secondary N) is 3. The van der Waals surface area contributed by atoms with Crippen molar-refractivity contribution in [3.8, 4) is 5.75 Å². The maximum absolute atomic E-state index is 12.3.